The highest BCUT2D eigenvalue weighted by Gasteiger charge is 2.39. The first-order chi connectivity index (χ1) is 11.5. The van der Waals surface area contributed by atoms with Gasteiger partial charge in [0.05, 0.1) is 19.5 Å². The predicted molar refractivity (Wildman–Crippen MR) is 92.4 cm³/mol. The number of nitrogens with two attached hydrogens (primary N) is 2. The summed E-state index contributed by atoms with van der Waals surface area (Å²) in [5.41, 5.74) is 8.60. The van der Waals surface area contributed by atoms with E-state index in [-0.39, 0.29) is 11.9 Å². The number of ether oxygens (including phenoxy) is 1. The van der Waals surface area contributed by atoms with Gasteiger partial charge in [0.2, 0.25) is 0 Å². The topological polar surface area (TPSA) is 71.0 Å². The van der Waals surface area contributed by atoms with Gasteiger partial charge in [0.15, 0.2) is 11.6 Å². The number of anilines is 2. The number of nitrogens with zero attached hydrogens (tertiary/aromatic N) is 3. The Balaban J connectivity index is 1.82. The third-order valence-corrected chi connectivity index (χ3v) is 5.43. The fourth-order valence-corrected chi connectivity index (χ4v) is 3.97. The molecular weight excluding hydrogens is 309 g/mol. The molecule has 24 heavy (non-hydrogen) atoms. The Morgan fingerprint density at radius 2 is 2.00 bits per heavy atom. The molecule has 0 spiro atoms. The lowest BCUT2D eigenvalue weighted by atomic mass is 10.1. The normalized spacial score (nSPS) is 27.5. The van der Waals surface area contributed by atoms with Crippen molar-refractivity contribution in [3.8, 4) is 5.75 Å². The first kappa shape index (κ1) is 15.9. The summed E-state index contributed by atoms with van der Waals surface area (Å²) >= 11 is 0. The quantitative estimate of drug-likeness (QED) is 0.810. The molecule has 0 radical (unpaired) electrons. The number of hydrogen-bond donors (Lipinski definition) is 2. The summed E-state index contributed by atoms with van der Waals surface area (Å²) in [5, 5.41) is 1.73. The Hall–Kier alpha value is -1.57. The molecule has 2 heterocycles. The molecule has 4 rings (SSSR count). The Labute approximate surface area is 142 Å². The van der Waals surface area contributed by atoms with Crippen LogP contribution in [0.3, 0.4) is 0 Å². The van der Waals surface area contributed by atoms with E-state index < -0.39 is 0 Å². The molecule has 1 saturated carbocycles. The zero-order valence-corrected chi connectivity index (χ0v) is 14.3. The zero-order chi connectivity index (χ0) is 17.0. The van der Waals surface area contributed by atoms with Gasteiger partial charge in [-0.3, -0.25) is 5.84 Å². The molecule has 0 amide bonds. The van der Waals surface area contributed by atoms with Crippen molar-refractivity contribution in [3.05, 3.63) is 17.4 Å². The molecule has 6 nitrogen and oxygen atoms in total. The van der Waals surface area contributed by atoms with Gasteiger partial charge < -0.3 is 20.3 Å². The van der Waals surface area contributed by atoms with Crippen LogP contribution in [0.2, 0.25) is 0 Å². The van der Waals surface area contributed by atoms with E-state index in [1.54, 1.807) is 18.2 Å². The molecule has 3 aliphatic rings. The van der Waals surface area contributed by atoms with E-state index in [0.29, 0.717) is 43.2 Å². The van der Waals surface area contributed by atoms with Crippen LogP contribution in [0.1, 0.15) is 25.3 Å². The second kappa shape index (κ2) is 5.75. The molecule has 0 unspecified atom stereocenters. The van der Waals surface area contributed by atoms with Crippen molar-refractivity contribution in [2.24, 2.45) is 17.5 Å². The zero-order valence-electron chi connectivity index (χ0n) is 14.3. The Kier molecular flexibility index (Phi) is 3.82. The molecule has 4 N–H and O–H groups in total. The van der Waals surface area contributed by atoms with Crippen LogP contribution in [-0.2, 0) is 6.54 Å². The molecule has 7 heteroatoms. The summed E-state index contributed by atoms with van der Waals surface area (Å²) < 4.78 is 20.7. The van der Waals surface area contributed by atoms with E-state index in [4.69, 9.17) is 16.3 Å². The second-order valence-electron chi connectivity index (χ2n) is 7.38. The maximum Gasteiger partial charge on any atom is 0.168 e. The van der Waals surface area contributed by atoms with Crippen molar-refractivity contribution >= 4 is 11.4 Å². The first-order valence-corrected chi connectivity index (χ1v) is 8.65. The van der Waals surface area contributed by atoms with Crippen LogP contribution in [0, 0.1) is 11.7 Å². The standard InChI is InChI=1S/C17H26FN5O/c1-10-6-21(8-14(10)19)16-13(18)5-11-7-22(20)9-23(12-3-4-12)15(11)17(16)24-2/h5,10,12,14H,3-4,6-9,19-20H2,1-2H3/t10-,14-/m1/s1. The number of methoxy groups -OCH3 is 1. The molecule has 0 bridgehead atoms. The minimum Gasteiger partial charge on any atom is -0.492 e. The molecule has 2 fully saturated rings. The summed E-state index contributed by atoms with van der Waals surface area (Å²) in [4.78, 5) is 4.30. The number of hydrazine groups is 1. The molecule has 1 aliphatic carbocycles. The summed E-state index contributed by atoms with van der Waals surface area (Å²) in [6.07, 6.45) is 2.30. The largest absolute Gasteiger partial charge is 0.492 e. The summed E-state index contributed by atoms with van der Waals surface area (Å²) in [5.74, 6) is 6.76. The van der Waals surface area contributed by atoms with Gasteiger partial charge in [-0.05, 0) is 30.4 Å². The third-order valence-electron chi connectivity index (χ3n) is 5.43. The summed E-state index contributed by atoms with van der Waals surface area (Å²) in [6, 6.07) is 2.15. The number of rotatable bonds is 3. The van der Waals surface area contributed by atoms with Gasteiger partial charge in [-0.25, -0.2) is 9.40 Å². The van der Waals surface area contributed by atoms with Crippen LogP contribution < -0.4 is 26.1 Å². The van der Waals surface area contributed by atoms with Gasteiger partial charge in [0, 0.05) is 31.7 Å². The van der Waals surface area contributed by atoms with Gasteiger partial charge in [-0.1, -0.05) is 6.92 Å². The Bertz CT molecular complexity index is 640. The van der Waals surface area contributed by atoms with Crippen molar-refractivity contribution in [3.63, 3.8) is 0 Å². The molecule has 1 saturated heterocycles. The van der Waals surface area contributed by atoms with Crippen molar-refractivity contribution in [1.29, 1.82) is 0 Å². The van der Waals surface area contributed by atoms with Crippen molar-refractivity contribution < 1.29 is 9.13 Å². The smallest absolute Gasteiger partial charge is 0.168 e. The van der Waals surface area contributed by atoms with E-state index in [1.807, 2.05) is 4.90 Å². The van der Waals surface area contributed by atoms with Crippen molar-refractivity contribution in [2.75, 3.05) is 36.7 Å². The maximum atomic E-state index is 15.0. The van der Waals surface area contributed by atoms with Crippen LogP contribution in [0.4, 0.5) is 15.8 Å². The van der Waals surface area contributed by atoms with E-state index in [1.165, 1.54) is 0 Å². The van der Waals surface area contributed by atoms with Crippen LogP contribution >= 0.6 is 0 Å². The molecule has 1 aromatic carbocycles. The average Bonchev–Trinajstić information content (AvgIpc) is 3.31. The van der Waals surface area contributed by atoms with Crippen molar-refractivity contribution in [2.45, 2.75) is 38.4 Å². The summed E-state index contributed by atoms with van der Waals surface area (Å²) in [6.45, 7) is 4.69. The summed E-state index contributed by atoms with van der Waals surface area (Å²) in [7, 11) is 1.62. The van der Waals surface area contributed by atoms with Gasteiger partial charge in [-0.15, -0.1) is 0 Å². The van der Waals surface area contributed by atoms with Crippen LogP contribution in [0.15, 0.2) is 6.07 Å². The minimum atomic E-state index is -0.252. The lowest BCUT2D eigenvalue weighted by molar-refractivity contribution is 0.255. The molecule has 0 aromatic heterocycles. The Morgan fingerprint density at radius 1 is 1.25 bits per heavy atom. The number of hydrogen-bond acceptors (Lipinski definition) is 6. The number of fused-ring (bicyclic) bond motifs is 1. The predicted octanol–water partition coefficient (Wildman–Crippen LogP) is 1.23. The fraction of sp³-hybridized carbons (Fsp3) is 0.647. The van der Waals surface area contributed by atoms with Gasteiger partial charge in [-0.2, -0.15) is 0 Å². The lowest BCUT2D eigenvalue weighted by Gasteiger charge is -2.38. The highest BCUT2D eigenvalue weighted by Crippen LogP contribution is 2.48. The van der Waals surface area contributed by atoms with E-state index in [2.05, 4.69) is 11.8 Å². The van der Waals surface area contributed by atoms with E-state index >= 15 is 0 Å². The van der Waals surface area contributed by atoms with Gasteiger partial charge in [0.1, 0.15) is 5.69 Å². The molecule has 132 valence electrons. The Morgan fingerprint density at radius 3 is 2.58 bits per heavy atom. The number of halogens is 1. The highest BCUT2D eigenvalue weighted by molar-refractivity contribution is 5.78. The molecule has 2 aliphatic heterocycles. The molecular formula is C17H26FN5O. The van der Waals surface area contributed by atoms with Crippen LogP contribution in [0.5, 0.6) is 5.75 Å². The average molecular weight is 335 g/mol. The highest BCUT2D eigenvalue weighted by atomic mass is 19.1. The fourth-order valence-electron chi connectivity index (χ4n) is 3.97. The van der Waals surface area contributed by atoms with Gasteiger partial charge in [0.25, 0.3) is 0 Å². The van der Waals surface area contributed by atoms with E-state index in [0.717, 1.165) is 30.6 Å². The molecule has 2 atom stereocenters. The molecule has 1 aromatic rings. The first-order valence-electron chi connectivity index (χ1n) is 8.65. The SMILES string of the molecule is COc1c(N2C[C@@H](C)[C@H](N)C2)c(F)cc2c1N(C1CC1)CN(N)C2. The van der Waals surface area contributed by atoms with E-state index in [9.17, 15) is 4.39 Å². The van der Waals surface area contributed by atoms with Gasteiger partial charge >= 0.3 is 0 Å². The third kappa shape index (κ3) is 2.51. The maximum absolute atomic E-state index is 15.0. The second-order valence-corrected chi connectivity index (χ2v) is 7.38. The van der Waals surface area contributed by atoms with Crippen molar-refractivity contribution in [1.82, 2.24) is 5.01 Å². The van der Waals surface area contributed by atoms with Crippen LogP contribution in [-0.4, -0.2) is 44.0 Å². The van der Waals surface area contributed by atoms with Crippen LogP contribution in [0.25, 0.3) is 0 Å². The monoisotopic (exact) mass is 335 g/mol. The number of benzene rings is 1. The lowest BCUT2D eigenvalue weighted by Crippen LogP contribution is -2.47. The minimum absolute atomic E-state index is 0.0595.